The summed E-state index contributed by atoms with van der Waals surface area (Å²) in [6.45, 7) is 7.12. The highest BCUT2D eigenvalue weighted by molar-refractivity contribution is 6.76. The molecule has 2 heterocycles. The zero-order chi connectivity index (χ0) is 14.9. The largest absolute Gasteiger partial charge is 0.481 e. The Bertz CT molecular complexity index is 395. The van der Waals surface area contributed by atoms with Crippen LogP contribution in [0.3, 0.4) is 0 Å². The molecule has 2 rings (SSSR count). The molecule has 0 unspecified atom stereocenters. The Balaban J connectivity index is 1.71. The molecule has 1 amide bonds. The number of hydrogen-bond acceptors (Lipinski definition) is 4. The van der Waals surface area contributed by atoms with Crippen LogP contribution in [0.4, 0.5) is 4.79 Å². The van der Waals surface area contributed by atoms with E-state index < -0.39 is 26.1 Å². The van der Waals surface area contributed by atoms with Gasteiger partial charge >= 0.3 is 12.1 Å². The molecule has 6 nitrogen and oxygen atoms in total. The minimum atomic E-state index is -1.20. The minimum Gasteiger partial charge on any atom is -0.481 e. The lowest BCUT2D eigenvalue weighted by atomic mass is 9.86. The SMILES string of the molecule is C[Si](C)(C)CCOC(=O)N[C@H]1C[C@H]2O[C@@H]1C[C@@H]2C(=O)O. The molecule has 2 aliphatic rings. The van der Waals surface area contributed by atoms with Crippen LogP contribution in [0.15, 0.2) is 0 Å². The number of ether oxygens (including phenoxy) is 2. The zero-order valence-electron chi connectivity index (χ0n) is 12.2. The molecule has 0 aromatic carbocycles. The van der Waals surface area contributed by atoms with Gasteiger partial charge in [-0.05, 0) is 18.9 Å². The molecule has 7 heteroatoms. The topological polar surface area (TPSA) is 84.9 Å². The van der Waals surface area contributed by atoms with Gasteiger partial charge in [-0.2, -0.15) is 0 Å². The number of aliphatic carboxylic acids is 1. The van der Waals surface area contributed by atoms with Gasteiger partial charge in [0, 0.05) is 8.07 Å². The Hall–Kier alpha value is -1.08. The number of hydrogen-bond donors (Lipinski definition) is 2. The van der Waals surface area contributed by atoms with Crippen LogP contribution in [-0.4, -0.2) is 50.1 Å². The average molecular weight is 301 g/mol. The molecular weight excluding hydrogens is 278 g/mol. The van der Waals surface area contributed by atoms with Gasteiger partial charge in [-0.3, -0.25) is 4.79 Å². The molecule has 0 spiro atoms. The second kappa shape index (κ2) is 5.73. The minimum absolute atomic E-state index is 0.116. The van der Waals surface area contributed by atoms with E-state index in [1.54, 1.807) is 0 Å². The highest BCUT2D eigenvalue weighted by atomic mass is 28.3. The molecule has 2 bridgehead atoms. The number of alkyl carbamates (subject to hydrolysis) is 1. The van der Waals surface area contributed by atoms with Gasteiger partial charge in [0.2, 0.25) is 0 Å². The predicted molar refractivity (Wildman–Crippen MR) is 75.4 cm³/mol. The maximum Gasteiger partial charge on any atom is 0.407 e. The highest BCUT2D eigenvalue weighted by Crippen LogP contribution is 2.39. The summed E-state index contributed by atoms with van der Waals surface area (Å²) in [5, 5.41) is 11.8. The van der Waals surface area contributed by atoms with Crippen molar-refractivity contribution < 1.29 is 24.2 Å². The van der Waals surface area contributed by atoms with Gasteiger partial charge < -0.3 is 19.9 Å². The summed E-state index contributed by atoms with van der Waals surface area (Å²) >= 11 is 0. The third-order valence-electron chi connectivity index (χ3n) is 3.93. The summed E-state index contributed by atoms with van der Waals surface area (Å²) in [5.74, 6) is -1.24. The molecule has 2 saturated heterocycles. The zero-order valence-corrected chi connectivity index (χ0v) is 13.2. The quantitative estimate of drug-likeness (QED) is 0.755. The maximum atomic E-state index is 11.7. The van der Waals surface area contributed by atoms with Gasteiger partial charge in [-0.15, -0.1) is 0 Å². The van der Waals surface area contributed by atoms with Crippen LogP contribution < -0.4 is 5.32 Å². The number of carbonyl (C=O) groups excluding carboxylic acids is 1. The fraction of sp³-hybridized carbons (Fsp3) is 0.846. The van der Waals surface area contributed by atoms with E-state index in [2.05, 4.69) is 25.0 Å². The van der Waals surface area contributed by atoms with E-state index in [1.807, 2.05) is 0 Å². The molecule has 114 valence electrons. The third-order valence-corrected chi connectivity index (χ3v) is 5.63. The van der Waals surface area contributed by atoms with Gasteiger partial charge in [0.25, 0.3) is 0 Å². The van der Waals surface area contributed by atoms with Gasteiger partial charge in [0.1, 0.15) is 0 Å². The Labute approximate surface area is 119 Å². The number of carbonyl (C=O) groups is 2. The monoisotopic (exact) mass is 301 g/mol. The second-order valence-corrected chi connectivity index (χ2v) is 12.4. The molecule has 0 radical (unpaired) electrons. The van der Waals surface area contributed by atoms with Crippen molar-refractivity contribution >= 4 is 20.1 Å². The molecule has 2 aliphatic heterocycles. The van der Waals surface area contributed by atoms with Crippen molar-refractivity contribution in [1.29, 1.82) is 0 Å². The van der Waals surface area contributed by atoms with E-state index in [0.29, 0.717) is 19.4 Å². The van der Waals surface area contributed by atoms with Crippen LogP contribution in [0.2, 0.25) is 25.7 Å². The van der Waals surface area contributed by atoms with Crippen molar-refractivity contribution in [1.82, 2.24) is 5.32 Å². The summed E-state index contributed by atoms with van der Waals surface area (Å²) < 4.78 is 10.7. The molecule has 0 aromatic rings. The first kappa shape index (κ1) is 15.3. The molecule has 0 aliphatic carbocycles. The average Bonchev–Trinajstić information content (AvgIpc) is 2.86. The Morgan fingerprint density at radius 1 is 1.30 bits per heavy atom. The molecule has 20 heavy (non-hydrogen) atoms. The van der Waals surface area contributed by atoms with Crippen molar-refractivity contribution in [3.8, 4) is 0 Å². The smallest absolute Gasteiger partial charge is 0.407 e. The summed E-state index contributed by atoms with van der Waals surface area (Å²) in [5.41, 5.74) is 0. The van der Waals surface area contributed by atoms with Crippen LogP contribution >= 0.6 is 0 Å². The van der Waals surface area contributed by atoms with Crippen LogP contribution in [0, 0.1) is 5.92 Å². The number of amides is 1. The first-order chi connectivity index (χ1) is 9.26. The summed E-state index contributed by atoms with van der Waals surface area (Å²) in [6, 6.07) is 0.823. The van der Waals surface area contributed by atoms with Crippen molar-refractivity contribution in [2.45, 2.75) is 56.8 Å². The highest BCUT2D eigenvalue weighted by Gasteiger charge is 2.50. The molecule has 4 atom stereocenters. The first-order valence-electron chi connectivity index (χ1n) is 7.08. The number of carboxylic acid groups (broad SMARTS) is 1. The van der Waals surface area contributed by atoms with Gasteiger partial charge in [0.05, 0.1) is 30.8 Å². The van der Waals surface area contributed by atoms with E-state index in [9.17, 15) is 9.59 Å². The van der Waals surface area contributed by atoms with Gasteiger partial charge in [-0.25, -0.2) is 4.79 Å². The van der Waals surface area contributed by atoms with E-state index in [-0.39, 0.29) is 18.2 Å². The number of nitrogens with one attached hydrogen (secondary N) is 1. The Kier molecular flexibility index (Phi) is 4.39. The van der Waals surface area contributed by atoms with Crippen LogP contribution in [0.1, 0.15) is 12.8 Å². The molecule has 0 aromatic heterocycles. The lowest BCUT2D eigenvalue weighted by molar-refractivity contribution is -0.143. The van der Waals surface area contributed by atoms with E-state index >= 15 is 0 Å². The fourth-order valence-corrected chi connectivity index (χ4v) is 3.43. The fourth-order valence-electron chi connectivity index (χ4n) is 2.71. The number of rotatable bonds is 5. The lowest BCUT2D eigenvalue weighted by Gasteiger charge is -2.23. The van der Waals surface area contributed by atoms with Crippen molar-refractivity contribution in [3.63, 3.8) is 0 Å². The van der Waals surface area contributed by atoms with Crippen molar-refractivity contribution in [3.05, 3.63) is 0 Å². The number of fused-ring (bicyclic) bond motifs is 2. The molecule has 0 saturated carbocycles. The van der Waals surface area contributed by atoms with Crippen LogP contribution in [0.5, 0.6) is 0 Å². The summed E-state index contributed by atoms with van der Waals surface area (Å²) in [4.78, 5) is 22.7. The Morgan fingerprint density at radius 3 is 2.50 bits per heavy atom. The standard InChI is InChI=1S/C13H23NO5Si/c1-20(2,3)5-4-18-13(17)14-9-7-10-8(12(15)16)6-11(9)19-10/h8-11H,4-7H2,1-3H3,(H,14,17)(H,15,16)/t8-,9-,10+,11+/m0/s1. The van der Waals surface area contributed by atoms with Crippen molar-refractivity contribution in [2.24, 2.45) is 5.92 Å². The summed E-state index contributed by atoms with van der Waals surface area (Å²) in [7, 11) is -1.20. The van der Waals surface area contributed by atoms with Gasteiger partial charge in [-0.1, -0.05) is 19.6 Å². The second-order valence-electron chi connectivity index (χ2n) is 6.83. The lowest BCUT2D eigenvalue weighted by Crippen LogP contribution is -2.44. The maximum absolute atomic E-state index is 11.7. The third kappa shape index (κ3) is 3.73. The van der Waals surface area contributed by atoms with Crippen LogP contribution in [0.25, 0.3) is 0 Å². The van der Waals surface area contributed by atoms with Crippen LogP contribution in [-0.2, 0) is 14.3 Å². The molecule has 2 N–H and O–H groups in total. The van der Waals surface area contributed by atoms with E-state index in [0.717, 1.165) is 6.04 Å². The summed E-state index contributed by atoms with van der Waals surface area (Å²) in [6.07, 6.45) is 0.150. The Morgan fingerprint density at radius 2 is 2.00 bits per heavy atom. The van der Waals surface area contributed by atoms with Gasteiger partial charge in [0.15, 0.2) is 0 Å². The molecule has 2 fully saturated rings. The van der Waals surface area contributed by atoms with Crippen molar-refractivity contribution in [2.75, 3.05) is 6.61 Å². The molecular formula is C13H23NO5Si. The predicted octanol–water partition coefficient (Wildman–Crippen LogP) is 1.68. The normalized spacial score (nSPS) is 32.1. The van der Waals surface area contributed by atoms with E-state index in [1.165, 1.54) is 0 Å². The first-order valence-corrected chi connectivity index (χ1v) is 10.8. The van der Waals surface area contributed by atoms with E-state index in [4.69, 9.17) is 14.6 Å². The number of carboxylic acids is 1.